The second-order valence-electron chi connectivity index (χ2n) is 3.64. The fraction of sp³-hybridized carbons (Fsp3) is 0.333. The van der Waals surface area contributed by atoms with Gasteiger partial charge in [-0.3, -0.25) is 0 Å². The minimum Gasteiger partial charge on any atom is -0.369 e. The Kier molecular flexibility index (Phi) is 2.90. The minimum atomic E-state index is 0.220. The highest BCUT2D eigenvalue weighted by Gasteiger charge is 2.17. The van der Waals surface area contributed by atoms with Crippen molar-refractivity contribution in [2.45, 2.75) is 18.9 Å². The third-order valence-electron chi connectivity index (χ3n) is 2.49. The molecular weight excluding hydrogens is 196 g/mol. The maximum absolute atomic E-state index is 5.82. The predicted molar refractivity (Wildman–Crippen MR) is 58.5 cm³/mol. The van der Waals surface area contributed by atoms with Crippen LogP contribution in [-0.4, -0.2) is 6.61 Å². The first-order valence-electron chi connectivity index (χ1n) is 4.79. The number of rotatable bonds is 1. The molecule has 0 amide bonds. The van der Waals surface area contributed by atoms with E-state index in [4.69, 9.17) is 16.3 Å². The Morgan fingerprint density at radius 2 is 2.00 bits per heavy atom. The van der Waals surface area contributed by atoms with Gasteiger partial charge in [0.2, 0.25) is 0 Å². The lowest BCUT2D eigenvalue weighted by molar-refractivity contribution is 0.0420. The molecule has 2 heteroatoms. The van der Waals surface area contributed by atoms with E-state index in [9.17, 15) is 0 Å². The van der Waals surface area contributed by atoms with E-state index in [0.29, 0.717) is 6.61 Å². The summed E-state index contributed by atoms with van der Waals surface area (Å²) in [5.41, 5.74) is 2.40. The molecule has 1 aliphatic rings. The SMILES string of the molecule is C=C1CCC(c2ccc(Cl)cc2)OC1. The van der Waals surface area contributed by atoms with E-state index in [2.05, 4.69) is 6.58 Å². The van der Waals surface area contributed by atoms with E-state index in [0.717, 1.165) is 17.9 Å². The molecular formula is C12H13ClO. The molecule has 1 aliphatic heterocycles. The molecule has 74 valence electrons. The highest BCUT2D eigenvalue weighted by molar-refractivity contribution is 6.30. The molecule has 1 nitrogen and oxygen atoms in total. The van der Waals surface area contributed by atoms with Gasteiger partial charge in [-0.25, -0.2) is 0 Å². The third kappa shape index (κ3) is 2.17. The molecule has 1 aromatic carbocycles. The van der Waals surface area contributed by atoms with Crippen molar-refractivity contribution in [1.29, 1.82) is 0 Å². The van der Waals surface area contributed by atoms with Crippen LogP contribution in [0.2, 0.25) is 5.02 Å². The molecule has 1 atom stereocenters. The molecule has 0 saturated carbocycles. The van der Waals surface area contributed by atoms with Crippen LogP contribution < -0.4 is 0 Å². The van der Waals surface area contributed by atoms with Crippen LogP contribution in [0.15, 0.2) is 36.4 Å². The smallest absolute Gasteiger partial charge is 0.0832 e. The van der Waals surface area contributed by atoms with E-state index < -0.39 is 0 Å². The van der Waals surface area contributed by atoms with Crippen LogP contribution in [0.5, 0.6) is 0 Å². The van der Waals surface area contributed by atoms with E-state index in [1.54, 1.807) is 0 Å². The molecule has 1 unspecified atom stereocenters. The molecule has 2 rings (SSSR count). The Hall–Kier alpha value is -0.790. The minimum absolute atomic E-state index is 0.220. The highest BCUT2D eigenvalue weighted by atomic mass is 35.5. The lowest BCUT2D eigenvalue weighted by atomic mass is 9.99. The summed E-state index contributed by atoms with van der Waals surface area (Å²) >= 11 is 5.82. The quantitative estimate of drug-likeness (QED) is 0.639. The Morgan fingerprint density at radius 1 is 1.29 bits per heavy atom. The lowest BCUT2D eigenvalue weighted by Gasteiger charge is -2.24. The number of halogens is 1. The van der Waals surface area contributed by atoms with Gasteiger partial charge in [0.1, 0.15) is 0 Å². The molecule has 0 aromatic heterocycles. The Morgan fingerprint density at radius 3 is 2.57 bits per heavy atom. The van der Waals surface area contributed by atoms with Crippen LogP contribution in [0.3, 0.4) is 0 Å². The van der Waals surface area contributed by atoms with Crippen molar-refractivity contribution in [3.63, 3.8) is 0 Å². The average Bonchev–Trinajstić information content (AvgIpc) is 2.21. The molecule has 0 bridgehead atoms. The molecule has 0 spiro atoms. The zero-order valence-corrected chi connectivity index (χ0v) is 8.76. The van der Waals surface area contributed by atoms with Gasteiger partial charge in [-0.15, -0.1) is 0 Å². The summed E-state index contributed by atoms with van der Waals surface area (Å²) in [4.78, 5) is 0. The molecule has 1 aromatic rings. The second kappa shape index (κ2) is 4.16. The third-order valence-corrected chi connectivity index (χ3v) is 2.74. The largest absolute Gasteiger partial charge is 0.369 e. The van der Waals surface area contributed by atoms with Crippen LogP contribution in [0, 0.1) is 0 Å². The molecule has 1 fully saturated rings. The lowest BCUT2D eigenvalue weighted by Crippen LogP contribution is -2.13. The van der Waals surface area contributed by atoms with Gasteiger partial charge in [0, 0.05) is 5.02 Å². The monoisotopic (exact) mass is 208 g/mol. The van der Waals surface area contributed by atoms with Gasteiger partial charge in [0.15, 0.2) is 0 Å². The van der Waals surface area contributed by atoms with Crippen molar-refractivity contribution >= 4 is 11.6 Å². The van der Waals surface area contributed by atoms with Crippen molar-refractivity contribution in [3.8, 4) is 0 Å². The van der Waals surface area contributed by atoms with Gasteiger partial charge in [-0.2, -0.15) is 0 Å². The standard InChI is InChI=1S/C12H13ClO/c1-9-2-7-12(14-8-9)10-3-5-11(13)6-4-10/h3-6,12H,1-2,7-8H2. The zero-order chi connectivity index (χ0) is 9.97. The first-order valence-corrected chi connectivity index (χ1v) is 5.17. The molecule has 1 saturated heterocycles. The van der Waals surface area contributed by atoms with Crippen molar-refractivity contribution in [3.05, 3.63) is 47.0 Å². The maximum Gasteiger partial charge on any atom is 0.0832 e. The van der Waals surface area contributed by atoms with E-state index >= 15 is 0 Å². The summed E-state index contributed by atoms with van der Waals surface area (Å²) in [6.45, 7) is 4.60. The summed E-state index contributed by atoms with van der Waals surface area (Å²) in [5.74, 6) is 0. The van der Waals surface area contributed by atoms with E-state index in [1.165, 1.54) is 11.1 Å². The topological polar surface area (TPSA) is 9.23 Å². The first-order chi connectivity index (χ1) is 6.75. The number of hydrogen-bond donors (Lipinski definition) is 0. The maximum atomic E-state index is 5.82. The average molecular weight is 209 g/mol. The Balaban J connectivity index is 2.08. The summed E-state index contributed by atoms with van der Waals surface area (Å²) < 4.78 is 5.67. The van der Waals surface area contributed by atoms with Gasteiger partial charge in [0.05, 0.1) is 12.7 Å². The number of hydrogen-bond acceptors (Lipinski definition) is 1. The van der Waals surface area contributed by atoms with Gasteiger partial charge in [0.25, 0.3) is 0 Å². The molecule has 14 heavy (non-hydrogen) atoms. The Bertz CT molecular complexity index is 319. The van der Waals surface area contributed by atoms with Gasteiger partial charge in [-0.1, -0.05) is 35.9 Å². The number of benzene rings is 1. The van der Waals surface area contributed by atoms with Crippen LogP contribution >= 0.6 is 11.6 Å². The van der Waals surface area contributed by atoms with Crippen molar-refractivity contribution in [2.75, 3.05) is 6.61 Å². The second-order valence-corrected chi connectivity index (χ2v) is 4.08. The predicted octanol–water partition coefficient (Wildman–Crippen LogP) is 3.75. The molecule has 0 aliphatic carbocycles. The van der Waals surface area contributed by atoms with Crippen LogP contribution in [0.4, 0.5) is 0 Å². The Labute approximate surface area is 89.3 Å². The van der Waals surface area contributed by atoms with Crippen LogP contribution in [-0.2, 0) is 4.74 Å². The molecule has 0 radical (unpaired) electrons. The summed E-state index contributed by atoms with van der Waals surface area (Å²) in [6, 6.07) is 7.87. The van der Waals surface area contributed by atoms with Crippen LogP contribution in [0.1, 0.15) is 24.5 Å². The summed E-state index contributed by atoms with van der Waals surface area (Å²) in [6.07, 6.45) is 2.31. The van der Waals surface area contributed by atoms with Crippen molar-refractivity contribution in [2.24, 2.45) is 0 Å². The highest BCUT2D eigenvalue weighted by Crippen LogP contribution is 2.29. The van der Waals surface area contributed by atoms with Crippen molar-refractivity contribution in [1.82, 2.24) is 0 Å². The zero-order valence-electron chi connectivity index (χ0n) is 8.00. The van der Waals surface area contributed by atoms with Crippen molar-refractivity contribution < 1.29 is 4.74 Å². The fourth-order valence-electron chi connectivity index (χ4n) is 1.65. The summed E-state index contributed by atoms with van der Waals surface area (Å²) in [5, 5.41) is 0.772. The van der Waals surface area contributed by atoms with Gasteiger partial charge in [-0.05, 0) is 30.5 Å². The fourth-order valence-corrected chi connectivity index (χ4v) is 1.78. The first kappa shape index (κ1) is 9.75. The van der Waals surface area contributed by atoms with Crippen LogP contribution in [0.25, 0.3) is 0 Å². The van der Waals surface area contributed by atoms with Gasteiger partial charge >= 0.3 is 0 Å². The van der Waals surface area contributed by atoms with E-state index in [1.807, 2.05) is 24.3 Å². The normalized spacial score (nSPS) is 22.4. The van der Waals surface area contributed by atoms with Gasteiger partial charge < -0.3 is 4.74 Å². The summed E-state index contributed by atoms with van der Waals surface area (Å²) in [7, 11) is 0. The molecule has 1 heterocycles. The van der Waals surface area contributed by atoms with E-state index in [-0.39, 0.29) is 6.10 Å². The molecule has 0 N–H and O–H groups in total. The number of ether oxygens (including phenoxy) is 1.